The highest BCUT2D eigenvalue weighted by molar-refractivity contribution is 7.99. The average molecular weight is 335 g/mol. The molecule has 1 aliphatic rings. The second-order valence-electron chi connectivity index (χ2n) is 5.76. The number of thioether (sulfide) groups is 1. The van der Waals surface area contributed by atoms with Gasteiger partial charge in [-0.2, -0.15) is 0 Å². The van der Waals surface area contributed by atoms with Gasteiger partial charge < -0.3 is 9.64 Å². The van der Waals surface area contributed by atoms with Crippen molar-refractivity contribution in [2.75, 3.05) is 18.2 Å². The third kappa shape index (κ3) is 4.74. The Balaban J connectivity index is 2.02. The van der Waals surface area contributed by atoms with Crippen molar-refractivity contribution >= 4 is 23.6 Å². The number of hydrogen-bond acceptors (Lipinski definition) is 4. The molecule has 0 radical (unpaired) electrons. The Labute approximate surface area is 142 Å². The number of hydrogen-bond donors (Lipinski definition) is 0. The predicted molar refractivity (Wildman–Crippen MR) is 93.6 cm³/mol. The summed E-state index contributed by atoms with van der Waals surface area (Å²) in [6.07, 6.45) is 4.14. The largest absolute Gasteiger partial charge is 0.464 e. The van der Waals surface area contributed by atoms with Crippen molar-refractivity contribution < 1.29 is 14.3 Å². The van der Waals surface area contributed by atoms with E-state index in [4.69, 9.17) is 4.74 Å². The molecule has 0 saturated carbocycles. The molecule has 0 N–H and O–H groups in total. The van der Waals surface area contributed by atoms with Crippen LogP contribution in [0.1, 0.15) is 49.0 Å². The zero-order valence-corrected chi connectivity index (χ0v) is 14.7. The Kier molecular flexibility index (Phi) is 6.96. The lowest BCUT2D eigenvalue weighted by molar-refractivity contribution is -0.147. The van der Waals surface area contributed by atoms with Crippen molar-refractivity contribution in [2.45, 2.75) is 45.6 Å². The molecule has 1 aliphatic heterocycles. The molecule has 2 rings (SSSR count). The normalized spacial score (nSPS) is 17.3. The van der Waals surface area contributed by atoms with Crippen LogP contribution < -0.4 is 0 Å². The smallest absolute Gasteiger partial charge is 0.329 e. The van der Waals surface area contributed by atoms with E-state index >= 15 is 0 Å². The van der Waals surface area contributed by atoms with Gasteiger partial charge in [-0.25, -0.2) is 4.79 Å². The van der Waals surface area contributed by atoms with Gasteiger partial charge in [-0.15, -0.1) is 11.8 Å². The molecule has 0 aliphatic carbocycles. The molecule has 0 spiro atoms. The van der Waals surface area contributed by atoms with Crippen LogP contribution in [0.25, 0.3) is 0 Å². The second kappa shape index (κ2) is 8.96. The summed E-state index contributed by atoms with van der Waals surface area (Å²) in [5.41, 5.74) is 1.89. The van der Waals surface area contributed by atoms with Crippen LogP contribution >= 0.6 is 11.8 Å². The number of rotatable bonds is 7. The summed E-state index contributed by atoms with van der Waals surface area (Å²) >= 11 is 1.59. The van der Waals surface area contributed by atoms with E-state index in [-0.39, 0.29) is 11.9 Å². The van der Waals surface area contributed by atoms with Crippen LogP contribution in [0.4, 0.5) is 0 Å². The van der Waals surface area contributed by atoms with Crippen molar-refractivity contribution in [3.8, 4) is 0 Å². The van der Waals surface area contributed by atoms with E-state index in [2.05, 4.69) is 6.92 Å². The maximum absolute atomic E-state index is 12.7. The standard InChI is InChI=1S/C18H25NO3S/c1-3-5-6-14-7-9-15(10-8-14)17(20)19-13-23-12-16(19)18(21)22-11-4-2/h7-10,16H,3-6,11-13H2,1-2H3. The van der Waals surface area contributed by atoms with Crippen LogP contribution in [0.2, 0.25) is 0 Å². The molecule has 1 amide bonds. The number of unbranched alkanes of at least 4 members (excludes halogenated alkanes) is 1. The van der Waals surface area contributed by atoms with Gasteiger partial charge in [-0.1, -0.05) is 32.4 Å². The van der Waals surface area contributed by atoms with E-state index in [9.17, 15) is 9.59 Å². The van der Waals surface area contributed by atoms with E-state index < -0.39 is 6.04 Å². The summed E-state index contributed by atoms with van der Waals surface area (Å²) in [4.78, 5) is 26.4. The molecular weight excluding hydrogens is 310 g/mol. The topological polar surface area (TPSA) is 46.6 Å². The molecule has 1 aromatic rings. The van der Waals surface area contributed by atoms with E-state index in [0.29, 0.717) is 23.8 Å². The lowest BCUT2D eigenvalue weighted by Crippen LogP contribution is -2.42. The number of aryl methyl sites for hydroxylation is 1. The van der Waals surface area contributed by atoms with Crippen LogP contribution in [-0.4, -0.2) is 41.1 Å². The highest BCUT2D eigenvalue weighted by Crippen LogP contribution is 2.24. The van der Waals surface area contributed by atoms with Gasteiger partial charge in [0.2, 0.25) is 0 Å². The minimum atomic E-state index is -0.459. The summed E-state index contributed by atoms with van der Waals surface area (Å²) in [5, 5.41) is 0. The molecule has 1 fully saturated rings. The summed E-state index contributed by atoms with van der Waals surface area (Å²) in [7, 11) is 0. The van der Waals surface area contributed by atoms with Crippen molar-refractivity contribution in [3.63, 3.8) is 0 Å². The summed E-state index contributed by atoms with van der Waals surface area (Å²) in [6, 6.07) is 7.29. The van der Waals surface area contributed by atoms with E-state index in [1.807, 2.05) is 31.2 Å². The molecule has 1 heterocycles. The number of amides is 1. The molecule has 1 aromatic carbocycles. The zero-order chi connectivity index (χ0) is 16.7. The van der Waals surface area contributed by atoms with Crippen LogP contribution in [-0.2, 0) is 16.0 Å². The minimum Gasteiger partial charge on any atom is -0.464 e. The SMILES string of the molecule is CCCCc1ccc(C(=O)N2CSCC2C(=O)OCCC)cc1. The number of ether oxygens (including phenoxy) is 1. The fraction of sp³-hybridized carbons (Fsp3) is 0.556. The Bertz CT molecular complexity index is 530. The van der Waals surface area contributed by atoms with Crippen LogP contribution in [0, 0.1) is 0 Å². The van der Waals surface area contributed by atoms with Crippen LogP contribution in [0.15, 0.2) is 24.3 Å². The first kappa shape index (κ1) is 17.9. The van der Waals surface area contributed by atoms with Gasteiger partial charge >= 0.3 is 5.97 Å². The molecule has 4 nitrogen and oxygen atoms in total. The van der Waals surface area contributed by atoms with Crippen molar-refractivity contribution in [2.24, 2.45) is 0 Å². The Hall–Kier alpha value is -1.49. The molecular formula is C18H25NO3S. The van der Waals surface area contributed by atoms with Gasteiger partial charge in [0, 0.05) is 11.3 Å². The lowest BCUT2D eigenvalue weighted by Gasteiger charge is -2.22. The quantitative estimate of drug-likeness (QED) is 0.716. The molecule has 1 unspecified atom stereocenters. The number of benzene rings is 1. The van der Waals surface area contributed by atoms with E-state index in [0.717, 1.165) is 25.7 Å². The summed E-state index contributed by atoms with van der Waals surface area (Å²) in [6.45, 7) is 4.54. The van der Waals surface area contributed by atoms with Gasteiger partial charge in [0.1, 0.15) is 6.04 Å². The highest BCUT2D eigenvalue weighted by Gasteiger charge is 2.36. The first-order valence-electron chi connectivity index (χ1n) is 8.31. The highest BCUT2D eigenvalue weighted by atomic mass is 32.2. The monoisotopic (exact) mass is 335 g/mol. The van der Waals surface area contributed by atoms with Crippen LogP contribution in [0.3, 0.4) is 0 Å². The molecule has 0 aromatic heterocycles. The van der Waals surface area contributed by atoms with Crippen LogP contribution in [0.5, 0.6) is 0 Å². The molecule has 0 bridgehead atoms. The maximum Gasteiger partial charge on any atom is 0.329 e. The van der Waals surface area contributed by atoms with Gasteiger partial charge in [-0.05, 0) is 37.0 Å². The minimum absolute atomic E-state index is 0.0875. The summed E-state index contributed by atoms with van der Waals surface area (Å²) < 4.78 is 5.21. The third-order valence-corrected chi connectivity index (χ3v) is 4.90. The molecule has 126 valence electrons. The number of nitrogens with zero attached hydrogens (tertiary/aromatic N) is 1. The first-order valence-corrected chi connectivity index (χ1v) is 9.47. The molecule has 5 heteroatoms. The molecule has 1 saturated heterocycles. The third-order valence-electron chi connectivity index (χ3n) is 3.88. The van der Waals surface area contributed by atoms with Gasteiger partial charge in [0.05, 0.1) is 12.5 Å². The van der Waals surface area contributed by atoms with Crippen molar-refractivity contribution in [1.82, 2.24) is 4.90 Å². The fourth-order valence-electron chi connectivity index (χ4n) is 2.50. The van der Waals surface area contributed by atoms with Crippen molar-refractivity contribution in [1.29, 1.82) is 0 Å². The van der Waals surface area contributed by atoms with Gasteiger partial charge in [-0.3, -0.25) is 4.79 Å². The lowest BCUT2D eigenvalue weighted by atomic mass is 10.1. The second-order valence-corrected chi connectivity index (χ2v) is 6.76. The Morgan fingerprint density at radius 2 is 1.96 bits per heavy atom. The number of carbonyl (C=O) groups is 2. The number of esters is 1. The van der Waals surface area contributed by atoms with Gasteiger partial charge in [0.25, 0.3) is 5.91 Å². The average Bonchev–Trinajstić information content (AvgIpc) is 3.07. The first-order chi connectivity index (χ1) is 11.2. The number of carbonyl (C=O) groups excluding carboxylic acids is 2. The summed E-state index contributed by atoms with van der Waals surface area (Å²) in [5.74, 6) is 0.783. The molecule has 1 atom stereocenters. The fourth-order valence-corrected chi connectivity index (χ4v) is 3.64. The van der Waals surface area contributed by atoms with Crippen molar-refractivity contribution in [3.05, 3.63) is 35.4 Å². The Morgan fingerprint density at radius 1 is 1.22 bits per heavy atom. The van der Waals surface area contributed by atoms with Gasteiger partial charge in [0.15, 0.2) is 0 Å². The van der Waals surface area contributed by atoms with E-state index in [1.165, 1.54) is 5.56 Å². The maximum atomic E-state index is 12.7. The predicted octanol–water partition coefficient (Wildman–Crippen LogP) is 3.50. The zero-order valence-electron chi connectivity index (χ0n) is 13.9. The van der Waals surface area contributed by atoms with E-state index in [1.54, 1.807) is 16.7 Å². The molecule has 23 heavy (non-hydrogen) atoms. The Morgan fingerprint density at radius 3 is 2.61 bits per heavy atom.